The Labute approximate surface area is 163 Å². The number of carbonyl (C=O) groups excluding carboxylic acids is 2. The lowest BCUT2D eigenvalue weighted by molar-refractivity contribution is -0.117. The van der Waals surface area contributed by atoms with Crippen LogP contribution in [0.1, 0.15) is 27.0 Å². The van der Waals surface area contributed by atoms with Crippen LogP contribution in [0.25, 0.3) is 0 Å². The molecule has 0 radical (unpaired) electrons. The number of carbonyl (C=O) groups is 2. The number of aryl methyl sites for hydroxylation is 1. The minimum atomic E-state index is -0.865. The van der Waals surface area contributed by atoms with Crippen LogP contribution >= 0.6 is 22.9 Å². The summed E-state index contributed by atoms with van der Waals surface area (Å²) in [6, 6.07) is 10.9. The molecule has 2 aromatic heterocycles. The Bertz CT molecular complexity index is 1070. The van der Waals surface area contributed by atoms with E-state index < -0.39 is 23.5 Å². The van der Waals surface area contributed by atoms with Crippen molar-refractivity contribution < 1.29 is 19.2 Å². The number of halogens is 1. The second kappa shape index (κ2) is 6.68. The quantitative estimate of drug-likeness (QED) is 0.653. The third-order valence-corrected chi connectivity index (χ3v) is 5.33. The maximum Gasteiger partial charge on any atom is 0.295 e. The van der Waals surface area contributed by atoms with E-state index in [4.69, 9.17) is 16.1 Å². The van der Waals surface area contributed by atoms with Crippen LogP contribution < -0.4 is 4.90 Å². The third kappa shape index (κ3) is 2.94. The third-order valence-electron chi connectivity index (χ3n) is 4.22. The van der Waals surface area contributed by atoms with Gasteiger partial charge in [0.1, 0.15) is 5.76 Å². The number of thiophene rings is 1. The number of aliphatic hydroxyl groups is 1. The van der Waals surface area contributed by atoms with Gasteiger partial charge in [-0.05, 0) is 36.1 Å². The molecule has 1 aliphatic rings. The van der Waals surface area contributed by atoms with Crippen molar-refractivity contribution in [2.75, 3.05) is 4.90 Å². The molecule has 8 heteroatoms. The summed E-state index contributed by atoms with van der Waals surface area (Å²) in [6.45, 7) is 1.69. The van der Waals surface area contributed by atoms with Gasteiger partial charge in [0.2, 0.25) is 5.78 Å². The number of nitrogens with zero attached hydrogens (tertiary/aromatic N) is 2. The number of benzene rings is 1. The van der Waals surface area contributed by atoms with Gasteiger partial charge in [0.05, 0.1) is 16.5 Å². The SMILES string of the molecule is Cc1cc(N2C(=O)C(O)=C(C(=O)c3cccs3)[C@H]2c2cccc(Cl)c2)no1. The molecule has 1 amide bonds. The number of Topliss-reactive ketones (excluding diaryl/α,β-unsaturated/α-hetero) is 1. The van der Waals surface area contributed by atoms with Crippen molar-refractivity contribution >= 4 is 40.4 Å². The largest absolute Gasteiger partial charge is 0.503 e. The van der Waals surface area contributed by atoms with E-state index in [1.807, 2.05) is 0 Å². The Kier molecular flexibility index (Phi) is 4.33. The second-order valence-corrected chi connectivity index (χ2v) is 7.38. The first kappa shape index (κ1) is 17.5. The van der Waals surface area contributed by atoms with Crippen molar-refractivity contribution in [1.29, 1.82) is 0 Å². The molecular weight excluding hydrogens is 388 g/mol. The van der Waals surface area contributed by atoms with Crippen molar-refractivity contribution in [3.05, 3.63) is 80.4 Å². The average molecular weight is 401 g/mol. The fraction of sp³-hybridized carbons (Fsp3) is 0.105. The van der Waals surface area contributed by atoms with Crippen LogP contribution in [0.5, 0.6) is 0 Å². The monoisotopic (exact) mass is 400 g/mol. The maximum absolute atomic E-state index is 13.1. The van der Waals surface area contributed by atoms with Crippen LogP contribution in [0, 0.1) is 6.92 Å². The van der Waals surface area contributed by atoms with E-state index in [1.165, 1.54) is 16.2 Å². The Morgan fingerprint density at radius 3 is 2.74 bits per heavy atom. The summed E-state index contributed by atoms with van der Waals surface area (Å²) in [7, 11) is 0. The predicted molar refractivity (Wildman–Crippen MR) is 101 cm³/mol. The van der Waals surface area contributed by atoms with Gasteiger partial charge in [0.15, 0.2) is 11.6 Å². The van der Waals surface area contributed by atoms with Crippen molar-refractivity contribution in [3.8, 4) is 0 Å². The summed E-state index contributed by atoms with van der Waals surface area (Å²) in [4.78, 5) is 27.5. The molecule has 27 heavy (non-hydrogen) atoms. The van der Waals surface area contributed by atoms with Crippen LogP contribution in [0.3, 0.4) is 0 Å². The first-order valence-corrected chi connectivity index (χ1v) is 9.27. The predicted octanol–water partition coefficient (Wildman–Crippen LogP) is 4.48. The maximum atomic E-state index is 13.1. The van der Waals surface area contributed by atoms with Gasteiger partial charge in [-0.2, -0.15) is 0 Å². The minimum Gasteiger partial charge on any atom is -0.503 e. The number of rotatable bonds is 4. The fourth-order valence-electron chi connectivity index (χ4n) is 3.07. The molecule has 1 aliphatic heterocycles. The van der Waals surface area contributed by atoms with E-state index in [1.54, 1.807) is 54.8 Å². The van der Waals surface area contributed by atoms with Crippen LogP contribution in [0.4, 0.5) is 5.82 Å². The first-order valence-electron chi connectivity index (χ1n) is 8.01. The standard InChI is InChI=1S/C19H13ClN2O4S/c1-10-8-14(21-26-10)22-16(11-4-2-5-12(20)9-11)15(18(24)19(22)25)17(23)13-6-3-7-27-13/h2-9,16,24H,1H3/t16-/m1/s1. The summed E-state index contributed by atoms with van der Waals surface area (Å²) in [5.74, 6) is -1.01. The molecule has 1 atom stereocenters. The highest BCUT2D eigenvalue weighted by Gasteiger charge is 2.46. The highest BCUT2D eigenvalue weighted by Crippen LogP contribution is 2.42. The molecule has 136 valence electrons. The molecule has 3 heterocycles. The van der Waals surface area contributed by atoms with Gasteiger partial charge >= 0.3 is 0 Å². The molecule has 0 unspecified atom stereocenters. The lowest BCUT2D eigenvalue weighted by atomic mass is 9.95. The smallest absolute Gasteiger partial charge is 0.295 e. The zero-order valence-electron chi connectivity index (χ0n) is 14.0. The molecule has 0 saturated heterocycles. The summed E-state index contributed by atoms with van der Waals surface area (Å²) in [5, 5.41) is 16.6. The Morgan fingerprint density at radius 2 is 2.11 bits per heavy atom. The molecule has 0 spiro atoms. The van der Waals surface area contributed by atoms with Gasteiger partial charge in [-0.15, -0.1) is 11.3 Å². The van der Waals surface area contributed by atoms with E-state index >= 15 is 0 Å². The lowest BCUT2D eigenvalue weighted by Gasteiger charge is -2.24. The summed E-state index contributed by atoms with van der Waals surface area (Å²) < 4.78 is 5.08. The molecule has 0 bridgehead atoms. The van der Waals surface area contributed by atoms with Gasteiger partial charge < -0.3 is 9.63 Å². The van der Waals surface area contributed by atoms with Gasteiger partial charge in [-0.25, -0.2) is 0 Å². The first-order chi connectivity index (χ1) is 13.0. The topological polar surface area (TPSA) is 83.6 Å². The van der Waals surface area contributed by atoms with Gasteiger partial charge in [-0.3, -0.25) is 14.5 Å². The minimum absolute atomic E-state index is 0.00892. The normalized spacial score (nSPS) is 17.0. The number of aromatic nitrogens is 1. The van der Waals surface area contributed by atoms with E-state index in [-0.39, 0.29) is 11.4 Å². The zero-order chi connectivity index (χ0) is 19.1. The number of hydrogen-bond acceptors (Lipinski definition) is 6. The molecule has 0 saturated carbocycles. The van der Waals surface area contributed by atoms with Gasteiger partial charge in [0, 0.05) is 11.1 Å². The fourth-order valence-corrected chi connectivity index (χ4v) is 3.95. The van der Waals surface area contributed by atoms with Crippen LogP contribution in [-0.2, 0) is 4.79 Å². The molecule has 1 N–H and O–H groups in total. The molecule has 6 nitrogen and oxygen atoms in total. The Hall–Kier alpha value is -2.90. The number of anilines is 1. The van der Waals surface area contributed by atoms with Crippen molar-refractivity contribution in [2.24, 2.45) is 0 Å². The molecule has 0 fully saturated rings. The molecular formula is C19H13ClN2O4S. The van der Waals surface area contributed by atoms with Crippen LogP contribution in [0.15, 0.2) is 63.7 Å². The zero-order valence-corrected chi connectivity index (χ0v) is 15.6. The van der Waals surface area contributed by atoms with E-state index in [9.17, 15) is 14.7 Å². The summed E-state index contributed by atoms with van der Waals surface area (Å²) >= 11 is 7.36. The Balaban J connectivity index is 1.89. The lowest BCUT2D eigenvalue weighted by Crippen LogP contribution is -2.31. The Morgan fingerprint density at radius 1 is 1.30 bits per heavy atom. The van der Waals surface area contributed by atoms with Crippen LogP contribution in [0.2, 0.25) is 5.02 Å². The number of ketones is 1. The number of aliphatic hydroxyl groups excluding tert-OH is 1. The second-order valence-electron chi connectivity index (χ2n) is 6.00. The van der Waals surface area contributed by atoms with E-state index in [2.05, 4.69) is 5.16 Å². The molecule has 0 aliphatic carbocycles. The molecule has 4 rings (SSSR count). The van der Waals surface area contributed by atoms with Gasteiger partial charge in [0.25, 0.3) is 5.91 Å². The van der Waals surface area contributed by atoms with Crippen molar-refractivity contribution in [1.82, 2.24) is 5.16 Å². The van der Waals surface area contributed by atoms with Crippen molar-refractivity contribution in [2.45, 2.75) is 13.0 Å². The highest BCUT2D eigenvalue weighted by molar-refractivity contribution is 7.12. The van der Waals surface area contributed by atoms with E-state index in [0.717, 1.165) is 0 Å². The number of hydrogen-bond donors (Lipinski definition) is 1. The summed E-state index contributed by atoms with van der Waals surface area (Å²) in [6.07, 6.45) is 0. The molecule has 3 aromatic rings. The molecule has 1 aromatic carbocycles. The highest BCUT2D eigenvalue weighted by atomic mass is 35.5. The number of amides is 1. The van der Waals surface area contributed by atoms with Crippen molar-refractivity contribution in [3.63, 3.8) is 0 Å². The van der Waals surface area contributed by atoms with E-state index in [0.29, 0.717) is 21.2 Å². The van der Waals surface area contributed by atoms with Crippen LogP contribution in [-0.4, -0.2) is 22.0 Å². The van der Waals surface area contributed by atoms with Gasteiger partial charge in [-0.1, -0.05) is 35.0 Å². The summed E-state index contributed by atoms with van der Waals surface area (Å²) in [5.41, 5.74) is 0.575. The average Bonchev–Trinajstić information content (AvgIpc) is 3.36.